The molecule has 0 radical (unpaired) electrons. The van der Waals surface area contributed by atoms with Crippen LogP contribution >= 0.6 is 0 Å². The first-order valence-corrected chi connectivity index (χ1v) is 7.46. The third kappa shape index (κ3) is 3.24. The van der Waals surface area contributed by atoms with Crippen LogP contribution in [-0.2, 0) is 0 Å². The van der Waals surface area contributed by atoms with Gasteiger partial charge in [0, 0.05) is 35.7 Å². The summed E-state index contributed by atoms with van der Waals surface area (Å²) in [5.74, 6) is 0.393. The van der Waals surface area contributed by atoms with Gasteiger partial charge >= 0.3 is 0 Å². The number of hydrogen-bond donors (Lipinski definition) is 2. The second kappa shape index (κ2) is 6.56. The van der Waals surface area contributed by atoms with E-state index >= 15 is 0 Å². The summed E-state index contributed by atoms with van der Waals surface area (Å²) in [6.45, 7) is 8.31. The van der Waals surface area contributed by atoms with Crippen molar-refractivity contribution >= 4 is 11.5 Å². The number of nitrogens with two attached hydrogens (primary N) is 1. The molecule has 3 N–H and O–H groups in total. The van der Waals surface area contributed by atoms with Gasteiger partial charge in [-0.25, -0.2) is 4.98 Å². The maximum Gasteiger partial charge on any atom is 0.149 e. The smallest absolute Gasteiger partial charge is 0.149 e. The van der Waals surface area contributed by atoms with Gasteiger partial charge in [-0.15, -0.1) is 0 Å². The molecule has 0 aliphatic heterocycles. The van der Waals surface area contributed by atoms with E-state index in [9.17, 15) is 0 Å². The van der Waals surface area contributed by atoms with E-state index in [0.29, 0.717) is 22.9 Å². The highest BCUT2D eigenvalue weighted by Gasteiger charge is 2.22. The van der Waals surface area contributed by atoms with Crippen molar-refractivity contribution in [1.82, 2.24) is 14.9 Å². The highest BCUT2D eigenvalue weighted by Crippen LogP contribution is 2.23. The normalized spacial score (nSPS) is 11.0. The predicted molar refractivity (Wildman–Crippen MR) is 90.8 cm³/mol. The van der Waals surface area contributed by atoms with Crippen molar-refractivity contribution in [2.75, 3.05) is 5.73 Å². The van der Waals surface area contributed by atoms with Crippen LogP contribution in [0.5, 0.6) is 0 Å². The molecule has 0 bridgehead atoms. The van der Waals surface area contributed by atoms with Crippen molar-refractivity contribution < 1.29 is 0 Å². The summed E-state index contributed by atoms with van der Waals surface area (Å²) in [4.78, 5) is 10.9. The third-order valence-corrected chi connectivity index (χ3v) is 3.48. The maximum absolute atomic E-state index is 8.58. The van der Waals surface area contributed by atoms with Crippen LogP contribution in [0.1, 0.15) is 33.4 Å². The van der Waals surface area contributed by atoms with Crippen molar-refractivity contribution in [2.45, 2.75) is 39.8 Å². The molecule has 0 spiro atoms. The monoisotopic (exact) mass is 297 g/mol. The summed E-state index contributed by atoms with van der Waals surface area (Å²) in [6, 6.07) is 7.92. The zero-order valence-electron chi connectivity index (χ0n) is 13.5. The molecule has 1 aromatic carbocycles. The Morgan fingerprint density at radius 3 is 2.09 bits per heavy atom. The molecule has 1 heterocycles. The van der Waals surface area contributed by atoms with Gasteiger partial charge in [0.25, 0.3) is 0 Å². The number of benzene rings is 1. The minimum Gasteiger partial charge on any atom is -0.399 e. The van der Waals surface area contributed by atoms with E-state index in [4.69, 9.17) is 11.1 Å². The summed E-state index contributed by atoms with van der Waals surface area (Å²) >= 11 is 0. The van der Waals surface area contributed by atoms with E-state index < -0.39 is 0 Å². The molecular formula is C17H23N5. The largest absolute Gasteiger partial charge is 0.399 e. The topological polar surface area (TPSA) is 78.9 Å². The lowest BCUT2D eigenvalue weighted by molar-refractivity contribution is 0.290. The van der Waals surface area contributed by atoms with Crippen LogP contribution in [0.3, 0.4) is 0 Å². The van der Waals surface area contributed by atoms with Crippen molar-refractivity contribution in [3.8, 4) is 11.3 Å². The number of anilines is 1. The number of rotatable bonds is 4. The number of amidine groups is 1. The van der Waals surface area contributed by atoms with Crippen LogP contribution in [0.4, 0.5) is 5.69 Å². The molecule has 2 aromatic rings. The first-order valence-electron chi connectivity index (χ1n) is 7.46. The summed E-state index contributed by atoms with van der Waals surface area (Å²) in [5.41, 5.74) is 8.66. The van der Waals surface area contributed by atoms with E-state index in [-0.39, 0.29) is 12.1 Å². The number of hydrogen-bond acceptors (Lipinski definition) is 4. The second-order valence-electron chi connectivity index (χ2n) is 5.82. The molecule has 0 atom stereocenters. The van der Waals surface area contributed by atoms with Crippen LogP contribution in [0.2, 0.25) is 0 Å². The minimum absolute atomic E-state index is 0.216. The molecule has 0 aliphatic carbocycles. The summed E-state index contributed by atoms with van der Waals surface area (Å²) in [7, 11) is 0. The van der Waals surface area contributed by atoms with Gasteiger partial charge in [-0.3, -0.25) is 10.4 Å². The average Bonchev–Trinajstić information content (AvgIpc) is 2.47. The minimum atomic E-state index is 0.216. The number of aromatic nitrogens is 2. The Morgan fingerprint density at radius 2 is 1.55 bits per heavy atom. The Balaban J connectivity index is 2.48. The Morgan fingerprint density at radius 1 is 1.00 bits per heavy atom. The number of nitrogens with one attached hydrogen (secondary N) is 1. The molecule has 116 valence electrons. The molecule has 0 fully saturated rings. The van der Waals surface area contributed by atoms with Crippen molar-refractivity contribution in [3.63, 3.8) is 0 Å². The zero-order chi connectivity index (χ0) is 16.3. The molecule has 0 saturated carbocycles. The van der Waals surface area contributed by atoms with E-state index in [1.54, 1.807) is 12.4 Å². The number of nitrogens with zero attached hydrogens (tertiary/aromatic N) is 3. The molecule has 2 rings (SSSR count). The van der Waals surface area contributed by atoms with E-state index in [1.165, 1.54) is 0 Å². The summed E-state index contributed by atoms with van der Waals surface area (Å²) < 4.78 is 0. The highest BCUT2D eigenvalue weighted by molar-refractivity contribution is 6.00. The first-order chi connectivity index (χ1) is 10.4. The van der Waals surface area contributed by atoms with Gasteiger partial charge in [-0.2, -0.15) is 0 Å². The van der Waals surface area contributed by atoms with Gasteiger partial charge in [-0.1, -0.05) is 12.1 Å². The van der Waals surface area contributed by atoms with E-state index in [2.05, 4.69) is 37.7 Å². The van der Waals surface area contributed by atoms with Crippen LogP contribution in [0.15, 0.2) is 36.7 Å². The standard InChI is InChI=1S/C17H23N5/c1-11(2)22(12(3)4)17(19)16-15(20-9-10-21-16)13-5-7-14(18)8-6-13/h5-12,19H,18H2,1-4H3. The molecule has 5 nitrogen and oxygen atoms in total. The van der Waals surface area contributed by atoms with Crippen molar-refractivity contribution in [3.05, 3.63) is 42.4 Å². The average molecular weight is 297 g/mol. The van der Waals surface area contributed by atoms with Crippen LogP contribution in [0.25, 0.3) is 11.3 Å². The lowest BCUT2D eigenvalue weighted by atomic mass is 10.1. The van der Waals surface area contributed by atoms with Gasteiger partial charge in [0.1, 0.15) is 11.5 Å². The van der Waals surface area contributed by atoms with E-state index in [1.807, 2.05) is 29.2 Å². The Hall–Kier alpha value is -2.43. The fourth-order valence-corrected chi connectivity index (χ4v) is 2.60. The summed E-state index contributed by atoms with van der Waals surface area (Å²) in [6.07, 6.45) is 3.28. The lowest BCUT2D eigenvalue weighted by Crippen LogP contribution is -2.42. The Kier molecular flexibility index (Phi) is 4.75. The van der Waals surface area contributed by atoms with Gasteiger partial charge in [0.15, 0.2) is 0 Å². The molecule has 22 heavy (non-hydrogen) atoms. The quantitative estimate of drug-likeness (QED) is 0.516. The van der Waals surface area contributed by atoms with Crippen LogP contribution < -0.4 is 5.73 Å². The fourth-order valence-electron chi connectivity index (χ4n) is 2.60. The second-order valence-corrected chi connectivity index (χ2v) is 5.82. The molecular weight excluding hydrogens is 274 g/mol. The molecule has 0 saturated heterocycles. The van der Waals surface area contributed by atoms with Crippen molar-refractivity contribution in [2.24, 2.45) is 0 Å². The van der Waals surface area contributed by atoms with E-state index in [0.717, 1.165) is 5.56 Å². The SMILES string of the molecule is CC(C)N(C(=N)c1nccnc1-c1ccc(N)cc1)C(C)C. The summed E-state index contributed by atoms with van der Waals surface area (Å²) in [5, 5.41) is 8.58. The molecule has 5 heteroatoms. The fraction of sp³-hybridized carbons (Fsp3) is 0.353. The van der Waals surface area contributed by atoms with Crippen molar-refractivity contribution in [1.29, 1.82) is 5.41 Å². The predicted octanol–water partition coefficient (Wildman–Crippen LogP) is 3.17. The van der Waals surface area contributed by atoms with Gasteiger partial charge in [0.05, 0.1) is 5.69 Å². The Bertz CT molecular complexity index is 638. The first kappa shape index (κ1) is 15.9. The maximum atomic E-state index is 8.58. The third-order valence-electron chi connectivity index (χ3n) is 3.48. The Labute approximate surface area is 131 Å². The lowest BCUT2D eigenvalue weighted by Gasteiger charge is -2.33. The molecule has 1 aromatic heterocycles. The number of nitrogen functional groups attached to an aromatic ring is 1. The van der Waals surface area contributed by atoms with Crippen LogP contribution in [0, 0.1) is 5.41 Å². The van der Waals surface area contributed by atoms with Gasteiger partial charge < -0.3 is 10.6 Å². The van der Waals surface area contributed by atoms with Crippen LogP contribution in [-0.4, -0.2) is 32.8 Å². The molecule has 0 aliphatic rings. The molecule has 0 unspecified atom stereocenters. The molecule has 0 amide bonds. The van der Waals surface area contributed by atoms with Gasteiger partial charge in [0.2, 0.25) is 0 Å². The zero-order valence-corrected chi connectivity index (χ0v) is 13.5. The highest BCUT2D eigenvalue weighted by atomic mass is 15.2. The van der Waals surface area contributed by atoms with Gasteiger partial charge in [-0.05, 0) is 39.8 Å².